The van der Waals surface area contributed by atoms with Crippen molar-refractivity contribution < 1.29 is 13.2 Å². The van der Waals surface area contributed by atoms with E-state index in [1.807, 2.05) is 24.7 Å². The molecule has 1 aliphatic heterocycles. The maximum Gasteiger partial charge on any atom is 0.255 e. The lowest BCUT2D eigenvalue weighted by Gasteiger charge is -2.21. The summed E-state index contributed by atoms with van der Waals surface area (Å²) in [6, 6.07) is 8.67. The highest BCUT2D eigenvalue weighted by Gasteiger charge is 2.28. The summed E-state index contributed by atoms with van der Waals surface area (Å²) in [6.45, 7) is 3.63. The van der Waals surface area contributed by atoms with Gasteiger partial charge in [0.25, 0.3) is 5.91 Å². The predicted molar refractivity (Wildman–Crippen MR) is 95.9 cm³/mol. The van der Waals surface area contributed by atoms with E-state index in [4.69, 9.17) is 0 Å². The van der Waals surface area contributed by atoms with Gasteiger partial charge in [-0.15, -0.1) is 0 Å². The van der Waals surface area contributed by atoms with Crippen LogP contribution in [0.2, 0.25) is 0 Å². The molecule has 0 aliphatic carbocycles. The number of carbonyl (C=O) groups excluding carboxylic acids is 1. The fraction of sp³-hybridized carbons (Fsp3) is 0.389. The molecule has 0 atom stereocenters. The Morgan fingerprint density at radius 2 is 1.72 bits per heavy atom. The third-order valence-electron chi connectivity index (χ3n) is 4.48. The summed E-state index contributed by atoms with van der Waals surface area (Å²) in [4.78, 5) is 14.6. The molecule has 1 fully saturated rings. The van der Waals surface area contributed by atoms with E-state index in [1.165, 1.54) is 4.31 Å². The highest BCUT2D eigenvalue weighted by atomic mass is 32.2. The van der Waals surface area contributed by atoms with Crippen molar-refractivity contribution >= 4 is 15.9 Å². The first kappa shape index (κ1) is 17.7. The quantitative estimate of drug-likeness (QED) is 0.838. The maximum absolute atomic E-state index is 12.8. The van der Waals surface area contributed by atoms with Gasteiger partial charge in [0.1, 0.15) is 0 Å². The first-order chi connectivity index (χ1) is 11.9. The molecule has 0 N–H and O–H groups in total. The summed E-state index contributed by atoms with van der Waals surface area (Å²) < 4.78 is 29.0. The molecule has 0 bridgehead atoms. The minimum absolute atomic E-state index is 0.0461. The Balaban J connectivity index is 1.73. The van der Waals surface area contributed by atoms with Crippen molar-refractivity contribution in [2.24, 2.45) is 7.05 Å². The van der Waals surface area contributed by atoms with Gasteiger partial charge in [0.2, 0.25) is 10.0 Å². The molecular formula is C18H23N3O3S. The molecule has 0 spiro atoms. The number of sulfonamides is 1. The van der Waals surface area contributed by atoms with Crippen molar-refractivity contribution in [1.29, 1.82) is 0 Å². The highest BCUT2D eigenvalue weighted by molar-refractivity contribution is 7.89. The second-order valence-electron chi connectivity index (χ2n) is 6.43. The number of carbonyl (C=O) groups is 1. The molecule has 3 rings (SSSR count). The first-order valence-electron chi connectivity index (χ1n) is 8.36. The Labute approximate surface area is 148 Å². The number of aromatic nitrogens is 1. The van der Waals surface area contributed by atoms with Crippen molar-refractivity contribution in [2.75, 3.05) is 26.2 Å². The summed E-state index contributed by atoms with van der Waals surface area (Å²) >= 11 is 0. The fourth-order valence-electron chi connectivity index (χ4n) is 3.01. The van der Waals surface area contributed by atoms with E-state index >= 15 is 0 Å². The lowest BCUT2D eigenvalue weighted by atomic mass is 10.2. The molecule has 25 heavy (non-hydrogen) atoms. The van der Waals surface area contributed by atoms with Crippen LogP contribution < -0.4 is 0 Å². The third kappa shape index (κ3) is 3.77. The second kappa shape index (κ2) is 7.01. The average Bonchev–Trinajstić information content (AvgIpc) is 2.86. The standard InChI is InChI=1S/C18H23N3O3S/c1-15-4-6-17(7-5-15)25(23,24)21-10-3-9-20(12-13-21)18(22)16-8-11-19(2)14-16/h4-8,11,14H,3,9-10,12-13H2,1-2H3. The second-order valence-corrected chi connectivity index (χ2v) is 8.37. The number of nitrogens with zero attached hydrogens (tertiary/aromatic N) is 3. The molecule has 1 aromatic heterocycles. The molecule has 0 saturated carbocycles. The zero-order chi connectivity index (χ0) is 18.0. The van der Waals surface area contributed by atoms with Gasteiger partial charge in [0.15, 0.2) is 0 Å². The van der Waals surface area contributed by atoms with Crippen LogP contribution in [0.25, 0.3) is 0 Å². The monoisotopic (exact) mass is 361 g/mol. The Bertz CT molecular complexity index is 856. The van der Waals surface area contributed by atoms with Crippen LogP contribution in [0, 0.1) is 6.92 Å². The molecule has 7 heteroatoms. The SMILES string of the molecule is Cc1ccc(S(=O)(=O)N2CCCN(C(=O)c3ccn(C)c3)CC2)cc1. The number of hydrogen-bond acceptors (Lipinski definition) is 3. The van der Waals surface area contributed by atoms with Crippen LogP contribution in [-0.4, -0.2) is 54.3 Å². The van der Waals surface area contributed by atoms with Crippen molar-refractivity contribution in [3.8, 4) is 0 Å². The molecule has 0 radical (unpaired) electrons. The average molecular weight is 361 g/mol. The minimum Gasteiger partial charge on any atom is -0.356 e. The summed E-state index contributed by atoms with van der Waals surface area (Å²) in [6.07, 6.45) is 4.25. The van der Waals surface area contributed by atoms with Crippen LogP contribution in [0.15, 0.2) is 47.6 Å². The normalized spacial score (nSPS) is 16.6. The molecule has 2 heterocycles. The Morgan fingerprint density at radius 3 is 2.36 bits per heavy atom. The van der Waals surface area contributed by atoms with E-state index in [-0.39, 0.29) is 5.91 Å². The number of rotatable bonds is 3. The van der Waals surface area contributed by atoms with Crippen molar-refractivity contribution in [3.05, 3.63) is 53.9 Å². The summed E-state index contributed by atoms with van der Waals surface area (Å²) in [5.41, 5.74) is 1.66. The van der Waals surface area contributed by atoms with Gasteiger partial charge in [-0.05, 0) is 31.5 Å². The molecule has 1 amide bonds. The van der Waals surface area contributed by atoms with Crippen molar-refractivity contribution in [3.63, 3.8) is 0 Å². The molecule has 6 nitrogen and oxygen atoms in total. The number of hydrogen-bond donors (Lipinski definition) is 0. The van der Waals surface area contributed by atoms with E-state index in [9.17, 15) is 13.2 Å². The molecular weight excluding hydrogens is 338 g/mol. The van der Waals surface area contributed by atoms with Gasteiger partial charge >= 0.3 is 0 Å². The molecule has 1 aliphatic rings. The predicted octanol–water partition coefficient (Wildman–Crippen LogP) is 1.87. The van der Waals surface area contributed by atoms with E-state index in [1.54, 1.807) is 41.4 Å². The van der Waals surface area contributed by atoms with Crippen molar-refractivity contribution in [2.45, 2.75) is 18.2 Å². The highest BCUT2D eigenvalue weighted by Crippen LogP contribution is 2.19. The van der Waals surface area contributed by atoms with E-state index in [0.717, 1.165) is 5.56 Å². The van der Waals surface area contributed by atoms with Crippen LogP contribution in [0.4, 0.5) is 0 Å². The van der Waals surface area contributed by atoms with Gasteiger partial charge in [-0.1, -0.05) is 17.7 Å². The number of amides is 1. The third-order valence-corrected chi connectivity index (χ3v) is 6.39. The summed E-state index contributed by atoms with van der Waals surface area (Å²) in [5.74, 6) is -0.0461. The summed E-state index contributed by atoms with van der Waals surface area (Å²) in [5, 5.41) is 0. The number of benzene rings is 1. The van der Waals surface area contributed by atoms with E-state index in [0.29, 0.717) is 43.1 Å². The van der Waals surface area contributed by atoms with Crippen LogP contribution in [0.5, 0.6) is 0 Å². The van der Waals surface area contributed by atoms with Crippen LogP contribution in [-0.2, 0) is 17.1 Å². The van der Waals surface area contributed by atoms with Crippen LogP contribution in [0.1, 0.15) is 22.3 Å². The van der Waals surface area contributed by atoms with Crippen LogP contribution in [0.3, 0.4) is 0 Å². The zero-order valence-corrected chi connectivity index (χ0v) is 15.4. The lowest BCUT2D eigenvalue weighted by molar-refractivity contribution is 0.0764. The van der Waals surface area contributed by atoms with Gasteiger partial charge in [-0.3, -0.25) is 4.79 Å². The van der Waals surface area contributed by atoms with Gasteiger partial charge in [0.05, 0.1) is 10.5 Å². The minimum atomic E-state index is -3.52. The molecule has 134 valence electrons. The Morgan fingerprint density at radius 1 is 1.00 bits per heavy atom. The maximum atomic E-state index is 12.8. The Hall–Kier alpha value is -2.12. The fourth-order valence-corrected chi connectivity index (χ4v) is 4.48. The van der Waals surface area contributed by atoms with Crippen molar-refractivity contribution in [1.82, 2.24) is 13.8 Å². The summed E-state index contributed by atoms with van der Waals surface area (Å²) in [7, 11) is -1.65. The smallest absolute Gasteiger partial charge is 0.255 e. The molecule has 0 unspecified atom stereocenters. The zero-order valence-electron chi connectivity index (χ0n) is 14.6. The molecule has 1 saturated heterocycles. The van der Waals surface area contributed by atoms with Gasteiger partial charge < -0.3 is 9.47 Å². The Kier molecular flexibility index (Phi) is 4.96. The topological polar surface area (TPSA) is 62.6 Å². The first-order valence-corrected chi connectivity index (χ1v) is 9.80. The largest absolute Gasteiger partial charge is 0.356 e. The molecule has 1 aromatic carbocycles. The van der Waals surface area contributed by atoms with Gasteiger partial charge in [-0.25, -0.2) is 8.42 Å². The number of aryl methyl sites for hydroxylation is 2. The molecule has 2 aromatic rings. The van der Waals surface area contributed by atoms with Gasteiger partial charge in [-0.2, -0.15) is 4.31 Å². The van der Waals surface area contributed by atoms with E-state index in [2.05, 4.69) is 0 Å². The van der Waals surface area contributed by atoms with Gasteiger partial charge in [0, 0.05) is 45.6 Å². The lowest BCUT2D eigenvalue weighted by Crippen LogP contribution is -2.37. The van der Waals surface area contributed by atoms with Crippen LogP contribution >= 0.6 is 0 Å². The van der Waals surface area contributed by atoms with E-state index < -0.39 is 10.0 Å².